The van der Waals surface area contributed by atoms with E-state index in [0.29, 0.717) is 6.23 Å². The second-order valence-electron chi connectivity index (χ2n) is 5.87. The zero-order valence-electron chi connectivity index (χ0n) is 11.0. The van der Waals surface area contributed by atoms with Gasteiger partial charge >= 0.3 is 8.56 Å². The van der Waals surface area contributed by atoms with Gasteiger partial charge in [0.15, 0.2) is 16.6 Å². The molecule has 1 unspecified atom stereocenters. The highest BCUT2D eigenvalue weighted by Crippen LogP contribution is 2.21. The van der Waals surface area contributed by atoms with Gasteiger partial charge in [0.1, 0.15) is 0 Å². The van der Waals surface area contributed by atoms with Crippen molar-refractivity contribution in [2.45, 2.75) is 45.8 Å². The van der Waals surface area contributed by atoms with Crippen molar-refractivity contribution in [3.8, 4) is 0 Å². The minimum atomic E-state index is -2.14. The fourth-order valence-corrected chi connectivity index (χ4v) is 14.1. The molecule has 0 aromatic heterocycles. The van der Waals surface area contributed by atoms with Gasteiger partial charge in [-0.3, -0.25) is 0 Å². The van der Waals surface area contributed by atoms with Gasteiger partial charge in [-0.1, -0.05) is 0 Å². The summed E-state index contributed by atoms with van der Waals surface area (Å²) in [7, 11) is -2.97. The fraction of sp³-hybridized carbons (Fsp3) is 1.00. The molecule has 0 fully saturated rings. The van der Waals surface area contributed by atoms with Crippen LogP contribution in [0.15, 0.2) is 0 Å². The zero-order chi connectivity index (χ0) is 12.3. The summed E-state index contributed by atoms with van der Waals surface area (Å²) >= 11 is 0. The smallest absolute Gasteiger partial charge is 0.341 e. The molecule has 0 aromatic rings. The molecular weight excluding hydrogens is 259 g/mol. The van der Waals surface area contributed by atoms with Crippen LogP contribution in [0.5, 0.6) is 0 Å². The molecule has 0 spiro atoms. The van der Waals surface area contributed by atoms with E-state index in [4.69, 9.17) is 12.8 Å². The lowest BCUT2D eigenvalue weighted by Crippen LogP contribution is -2.55. The quantitative estimate of drug-likeness (QED) is 0.554. The summed E-state index contributed by atoms with van der Waals surface area (Å²) in [6.45, 7) is 15.2. The number of rotatable bonds is 6. The SMILES string of the molecule is C[Si](C)(C)O[Si](C)(COP)O[Si](C)(C)C. The van der Waals surface area contributed by atoms with Crippen LogP contribution < -0.4 is 0 Å². The number of hydrogen-bond acceptors (Lipinski definition) is 3. The van der Waals surface area contributed by atoms with Crippen molar-refractivity contribution in [2.75, 3.05) is 6.23 Å². The maximum absolute atomic E-state index is 6.19. The summed E-state index contributed by atoms with van der Waals surface area (Å²) in [5.41, 5.74) is 0. The first-order chi connectivity index (χ1) is 6.47. The van der Waals surface area contributed by atoms with E-state index in [1.807, 2.05) is 0 Å². The van der Waals surface area contributed by atoms with Gasteiger partial charge in [-0.15, -0.1) is 0 Å². The third-order valence-corrected chi connectivity index (χ3v) is 10.9. The van der Waals surface area contributed by atoms with Crippen LogP contribution >= 0.6 is 9.47 Å². The lowest BCUT2D eigenvalue weighted by molar-refractivity contribution is 0.318. The Labute approximate surface area is 99.7 Å². The molecular formula is C8H25O3PSi3. The third-order valence-electron chi connectivity index (χ3n) is 1.39. The van der Waals surface area contributed by atoms with Gasteiger partial charge in [0.25, 0.3) is 0 Å². The molecule has 0 rings (SSSR count). The van der Waals surface area contributed by atoms with Crippen LogP contribution in [-0.4, -0.2) is 31.4 Å². The second kappa shape index (κ2) is 5.53. The topological polar surface area (TPSA) is 27.7 Å². The standard InChI is InChI=1S/C8H25O3PSi3/c1-13(2,3)10-15(7,8-9-12)11-14(4,5)6/h8,12H2,1-7H3. The van der Waals surface area contributed by atoms with E-state index in [0.717, 1.165) is 0 Å². The van der Waals surface area contributed by atoms with Crippen LogP contribution in [0.1, 0.15) is 0 Å². The summed E-state index contributed by atoms with van der Waals surface area (Å²) in [5, 5.41) is 0. The van der Waals surface area contributed by atoms with Crippen molar-refractivity contribution < 1.29 is 12.8 Å². The van der Waals surface area contributed by atoms with E-state index in [1.165, 1.54) is 0 Å². The van der Waals surface area contributed by atoms with Gasteiger partial charge in [0.2, 0.25) is 0 Å². The molecule has 0 aliphatic carbocycles. The molecule has 0 radical (unpaired) electrons. The minimum absolute atomic E-state index is 0.589. The first-order valence-electron chi connectivity index (χ1n) is 5.19. The van der Waals surface area contributed by atoms with Crippen molar-refractivity contribution >= 4 is 34.7 Å². The Morgan fingerprint density at radius 2 is 1.13 bits per heavy atom. The van der Waals surface area contributed by atoms with E-state index in [9.17, 15) is 0 Å². The molecule has 0 bridgehead atoms. The van der Waals surface area contributed by atoms with E-state index < -0.39 is 25.2 Å². The van der Waals surface area contributed by atoms with E-state index >= 15 is 0 Å². The lowest BCUT2D eigenvalue weighted by Gasteiger charge is -2.37. The van der Waals surface area contributed by atoms with Gasteiger partial charge in [-0.25, -0.2) is 0 Å². The molecule has 3 nitrogen and oxygen atoms in total. The van der Waals surface area contributed by atoms with E-state index in [-0.39, 0.29) is 0 Å². The molecule has 92 valence electrons. The predicted octanol–water partition coefficient (Wildman–Crippen LogP) is 3.11. The highest BCUT2D eigenvalue weighted by Gasteiger charge is 2.40. The van der Waals surface area contributed by atoms with Crippen molar-refractivity contribution in [1.29, 1.82) is 0 Å². The largest absolute Gasteiger partial charge is 0.435 e. The van der Waals surface area contributed by atoms with Crippen LogP contribution in [-0.2, 0) is 12.8 Å². The molecule has 15 heavy (non-hydrogen) atoms. The molecule has 0 aliphatic heterocycles. The van der Waals surface area contributed by atoms with Crippen molar-refractivity contribution in [3.05, 3.63) is 0 Å². The fourth-order valence-electron chi connectivity index (χ4n) is 1.53. The molecule has 0 heterocycles. The molecule has 0 aliphatic rings. The monoisotopic (exact) mass is 284 g/mol. The highest BCUT2D eigenvalue weighted by atomic mass is 31.0. The first kappa shape index (κ1) is 16.0. The Kier molecular flexibility index (Phi) is 5.89. The zero-order valence-corrected chi connectivity index (χ0v) is 15.2. The van der Waals surface area contributed by atoms with E-state index in [1.54, 1.807) is 0 Å². The molecule has 0 saturated carbocycles. The summed E-state index contributed by atoms with van der Waals surface area (Å²) in [6.07, 6.45) is 0.589. The summed E-state index contributed by atoms with van der Waals surface area (Å²) < 4.78 is 17.6. The molecule has 0 aromatic carbocycles. The number of hydrogen-bond donors (Lipinski definition) is 0. The van der Waals surface area contributed by atoms with Crippen molar-refractivity contribution in [3.63, 3.8) is 0 Å². The predicted molar refractivity (Wildman–Crippen MR) is 76.1 cm³/mol. The van der Waals surface area contributed by atoms with Crippen LogP contribution in [0.4, 0.5) is 0 Å². The Bertz CT molecular complexity index is 184. The maximum atomic E-state index is 6.19. The van der Waals surface area contributed by atoms with Crippen molar-refractivity contribution in [1.82, 2.24) is 0 Å². The maximum Gasteiger partial charge on any atom is 0.341 e. The summed E-state index contributed by atoms with van der Waals surface area (Å²) in [6, 6.07) is 0. The van der Waals surface area contributed by atoms with Gasteiger partial charge in [-0.05, 0) is 55.3 Å². The third kappa shape index (κ3) is 8.74. The molecule has 0 amide bonds. The molecule has 0 saturated heterocycles. The van der Waals surface area contributed by atoms with Gasteiger partial charge in [0, 0.05) is 0 Å². The first-order valence-corrected chi connectivity index (χ1v) is 15.0. The summed E-state index contributed by atoms with van der Waals surface area (Å²) in [5.74, 6) is 0. The van der Waals surface area contributed by atoms with Crippen LogP contribution in [0.3, 0.4) is 0 Å². The van der Waals surface area contributed by atoms with Crippen LogP contribution in [0.2, 0.25) is 45.8 Å². The Morgan fingerprint density at radius 1 is 0.800 bits per heavy atom. The van der Waals surface area contributed by atoms with Crippen molar-refractivity contribution in [2.24, 2.45) is 0 Å². The Hall–Kier alpha value is 0.961. The second-order valence-corrected chi connectivity index (χ2v) is 18.8. The van der Waals surface area contributed by atoms with Crippen LogP contribution in [0, 0.1) is 0 Å². The lowest BCUT2D eigenvalue weighted by atomic mass is 11.7. The highest BCUT2D eigenvalue weighted by molar-refractivity contribution is 7.10. The average Bonchev–Trinajstić information content (AvgIpc) is 1.74. The van der Waals surface area contributed by atoms with Gasteiger partial charge in [-0.2, -0.15) is 0 Å². The van der Waals surface area contributed by atoms with Crippen LogP contribution in [0.25, 0.3) is 0 Å². The Balaban J connectivity index is 4.59. The minimum Gasteiger partial charge on any atom is -0.435 e. The summed E-state index contributed by atoms with van der Waals surface area (Å²) in [4.78, 5) is 0. The van der Waals surface area contributed by atoms with E-state index in [2.05, 4.69) is 55.3 Å². The normalized spacial score (nSPS) is 14.4. The molecule has 7 heteroatoms. The van der Waals surface area contributed by atoms with Gasteiger partial charge in [0.05, 0.1) is 6.23 Å². The molecule has 1 atom stereocenters. The average molecular weight is 285 g/mol. The molecule has 0 N–H and O–H groups in total. The Morgan fingerprint density at radius 3 is 1.33 bits per heavy atom. The van der Waals surface area contributed by atoms with Gasteiger partial charge < -0.3 is 12.8 Å².